The lowest BCUT2D eigenvalue weighted by Gasteiger charge is -2.10. The van der Waals surface area contributed by atoms with Gasteiger partial charge in [-0.15, -0.1) is 6.42 Å². The highest BCUT2D eigenvalue weighted by molar-refractivity contribution is 6.03. The highest BCUT2D eigenvalue weighted by Crippen LogP contribution is 2.34. The second-order valence-electron chi connectivity index (χ2n) is 4.05. The molecule has 0 saturated carbocycles. The Bertz CT molecular complexity index is 485. The second kappa shape index (κ2) is 3.99. The molecule has 3 nitrogen and oxygen atoms in total. The Balaban J connectivity index is 2.40. The number of aryl methyl sites for hydroxylation is 2. The van der Waals surface area contributed by atoms with Crippen molar-refractivity contribution in [1.82, 2.24) is 5.32 Å². The van der Waals surface area contributed by atoms with Crippen LogP contribution in [0.4, 0.5) is 5.69 Å². The van der Waals surface area contributed by atoms with Gasteiger partial charge in [-0.05, 0) is 19.4 Å². The van der Waals surface area contributed by atoms with Crippen LogP contribution < -0.4 is 10.6 Å². The molecule has 2 N–H and O–H groups in total. The minimum Gasteiger partial charge on any atom is -0.324 e. The highest BCUT2D eigenvalue weighted by atomic mass is 16.2. The number of hydrogen-bond donors (Lipinski definition) is 2. The predicted molar refractivity (Wildman–Crippen MR) is 64.1 cm³/mol. The standard InChI is InChI=1S/C13H14N2O/c1-4-5-14-12-10-7-8(2)6-9(3)11(10)15-13(12)16/h1,6-7,12,14H,5H2,2-3H3,(H,15,16). The molecule has 0 aromatic heterocycles. The maximum atomic E-state index is 11.8. The summed E-state index contributed by atoms with van der Waals surface area (Å²) in [6, 6.07) is 3.77. The van der Waals surface area contributed by atoms with Crippen LogP contribution in [0.15, 0.2) is 12.1 Å². The van der Waals surface area contributed by atoms with E-state index >= 15 is 0 Å². The minimum absolute atomic E-state index is 0.0287. The van der Waals surface area contributed by atoms with Gasteiger partial charge in [0.25, 0.3) is 0 Å². The van der Waals surface area contributed by atoms with Gasteiger partial charge in [0.05, 0.1) is 6.54 Å². The first-order chi connectivity index (χ1) is 7.63. The summed E-state index contributed by atoms with van der Waals surface area (Å²) in [5, 5.41) is 5.93. The van der Waals surface area contributed by atoms with E-state index in [9.17, 15) is 4.79 Å². The van der Waals surface area contributed by atoms with Gasteiger partial charge >= 0.3 is 0 Å². The van der Waals surface area contributed by atoms with Crippen LogP contribution in [0, 0.1) is 26.2 Å². The summed E-state index contributed by atoms with van der Waals surface area (Å²) in [5.74, 6) is 2.46. The molecule has 1 aliphatic rings. The van der Waals surface area contributed by atoms with Gasteiger partial charge in [-0.2, -0.15) is 0 Å². The van der Waals surface area contributed by atoms with E-state index < -0.39 is 0 Å². The number of benzene rings is 1. The third-order valence-electron chi connectivity index (χ3n) is 2.74. The summed E-state index contributed by atoms with van der Waals surface area (Å²) in [7, 11) is 0. The zero-order valence-corrected chi connectivity index (χ0v) is 9.42. The maximum Gasteiger partial charge on any atom is 0.246 e. The fourth-order valence-corrected chi connectivity index (χ4v) is 2.10. The van der Waals surface area contributed by atoms with Gasteiger partial charge in [0.15, 0.2) is 0 Å². The first kappa shape index (κ1) is 10.7. The molecule has 1 unspecified atom stereocenters. The van der Waals surface area contributed by atoms with Crippen molar-refractivity contribution in [2.24, 2.45) is 0 Å². The molecule has 0 radical (unpaired) electrons. The molecule has 1 aliphatic heterocycles. The summed E-state index contributed by atoms with van der Waals surface area (Å²) >= 11 is 0. The number of nitrogens with one attached hydrogen (secondary N) is 2. The van der Waals surface area contributed by atoms with Gasteiger partial charge in [-0.25, -0.2) is 0 Å². The quantitative estimate of drug-likeness (QED) is 0.733. The highest BCUT2D eigenvalue weighted by Gasteiger charge is 2.30. The largest absolute Gasteiger partial charge is 0.324 e. The topological polar surface area (TPSA) is 41.1 Å². The fraction of sp³-hybridized carbons (Fsp3) is 0.308. The Morgan fingerprint density at radius 3 is 2.94 bits per heavy atom. The van der Waals surface area contributed by atoms with Crippen LogP contribution in [0.3, 0.4) is 0 Å². The van der Waals surface area contributed by atoms with E-state index in [1.165, 1.54) is 0 Å². The van der Waals surface area contributed by atoms with Crippen LogP contribution in [0.5, 0.6) is 0 Å². The number of hydrogen-bond acceptors (Lipinski definition) is 2. The lowest BCUT2D eigenvalue weighted by atomic mass is 10.0. The molecule has 1 atom stereocenters. The molecule has 2 rings (SSSR count). The molecular weight excluding hydrogens is 200 g/mol. The van der Waals surface area contributed by atoms with Gasteiger partial charge in [-0.3, -0.25) is 10.1 Å². The van der Waals surface area contributed by atoms with Crippen LogP contribution in [0.25, 0.3) is 0 Å². The zero-order chi connectivity index (χ0) is 11.7. The van der Waals surface area contributed by atoms with Crippen molar-refractivity contribution in [1.29, 1.82) is 0 Å². The molecule has 1 aromatic rings. The van der Waals surface area contributed by atoms with Crippen molar-refractivity contribution in [3.05, 3.63) is 28.8 Å². The number of carbonyl (C=O) groups excluding carboxylic acids is 1. The van der Waals surface area contributed by atoms with E-state index in [1.807, 2.05) is 19.9 Å². The summed E-state index contributed by atoms with van der Waals surface area (Å²) in [4.78, 5) is 11.8. The van der Waals surface area contributed by atoms with Gasteiger partial charge in [0, 0.05) is 11.3 Å². The van der Waals surface area contributed by atoms with Gasteiger partial charge in [0.1, 0.15) is 6.04 Å². The molecule has 16 heavy (non-hydrogen) atoms. The van der Waals surface area contributed by atoms with Crippen molar-refractivity contribution < 1.29 is 4.79 Å². The normalized spacial score (nSPS) is 17.8. The van der Waals surface area contributed by atoms with Crippen LogP contribution in [0.1, 0.15) is 22.7 Å². The van der Waals surface area contributed by atoms with Crippen LogP contribution in [0.2, 0.25) is 0 Å². The molecule has 0 spiro atoms. The number of amides is 1. The molecule has 1 amide bonds. The number of carbonyl (C=O) groups is 1. The fourth-order valence-electron chi connectivity index (χ4n) is 2.10. The summed E-state index contributed by atoms with van der Waals surface area (Å²) < 4.78 is 0. The first-order valence-corrected chi connectivity index (χ1v) is 5.22. The number of rotatable bonds is 2. The van der Waals surface area contributed by atoms with Gasteiger partial charge in [0.2, 0.25) is 5.91 Å². The van der Waals surface area contributed by atoms with Gasteiger partial charge in [-0.1, -0.05) is 23.6 Å². The van der Waals surface area contributed by atoms with E-state index in [0.717, 1.165) is 22.4 Å². The summed E-state index contributed by atoms with van der Waals surface area (Å²) in [5.41, 5.74) is 4.16. The Morgan fingerprint density at radius 2 is 2.25 bits per heavy atom. The molecule has 82 valence electrons. The molecule has 0 bridgehead atoms. The minimum atomic E-state index is -0.315. The number of terminal acetylenes is 1. The molecule has 0 saturated heterocycles. The predicted octanol–water partition coefficient (Wildman–Crippen LogP) is 1.52. The van der Waals surface area contributed by atoms with Crippen molar-refractivity contribution >= 4 is 11.6 Å². The van der Waals surface area contributed by atoms with Crippen LogP contribution in [-0.4, -0.2) is 12.5 Å². The van der Waals surface area contributed by atoms with Gasteiger partial charge < -0.3 is 5.32 Å². The van der Waals surface area contributed by atoms with Crippen LogP contribution in [-0.2, 0) is 4.79 Å². The Kier molecular flexibility index (Phi) is 2.67. The smallest absolute Gasteiger partial charge is 0.246 e. The monoisotopic (exact) mass is 214 g/mol. The zero-order valence-electron chi connectivity index (χ0n) is 9.42. The average molecular weight is 214 g/mol. The van der Waals surface area contributed by atoms with Crippen molar-refractivity contribution in [2.45, 2.75) is 19.9 Å². The van der Waals surface area contributed by atoms with Crippen molar-refractivity contribution in [3.63, 3.8) is 0 Å². The van der Waals surface area contributed by atoms with E-state index in [2.05, 4.69) is 22.6 Å². The molecular formula is C13H14N2O. The van der Waals surface area contributed by atoms with Crippen LogP contribution >= 0.6 is 0 Å². The van der Waals surface area contributed by atoms with E-state index in [0.29, 0.717) is 6.54 Å². The Labute approximate surface area is 95.2 Å². The summed E-state index contributed by atoms with van der Waals surface area (Å²) in [6.45, 7) is 4.41. The average Bonchev–Trinajstić information content (AvgIpc) is 2.53. The van der Waals surface area contributed by atoms with E-state index in [1.54, 1.807) is 0 Å². The van der Waals surface area contributed by atoms with E-state index in [-0.39, 0.29) is 11.9 Å². The molecule has 0 aliphatic carbocycles. The Hall–Kier alpha value is -1.79. The molecule has 1 aromatic carbocycles. The Morgan fingerprint density at radius 1 is 1.50 bits per heavy atom. The number of anilines is 1. The third-order valence-corrected chi connectivity index (χ3v) is 2.74. The second-order valence-corrected chi connectivity index (χ2v) is 4.05. The SMILES string of the molecule is C#CCNC1C(=O)Nc2c(C)cc(C)cc21. The summed E-state index contributed by atoms with van der Waals surface area (Å²) in [6.07, 6.45) is 5.19. The van der Waals surface area contributed by atoms with Crippen molar-refractivity contribution in [3.8, 4) is 12.3 Å². The molecule has 0 fully saturated rings. The molecule has 1 heterocycles. The number of fused-ring (bicyclic) bond motifs is 1. The van der Waals surface area contributed by atoms with E-state index in [4.69, 9.17) is 6.42 Å². The first-order valence-electron chi connectivity index (χ1n) is 5.22. The molecule has 3 heteroatoms. The lowest BCUT2D eigenvalue weighted by molar-refractivity contribution is -0.117. The maximum absolute atomic E-state index is 11.8. The lowest BCUT2D eigenvalue weighted by Crippen LogP contribution is -2.27. The third kappa shape index (κ3) is 1.68. The van der Waals surface area contributed by atoms with Crippen molar-refractivity contribution in [2.75, 3.05) is 11.9 Å².